The summed E-state index contributed by atoms with van der Waals surface area (Å²) in [5.74, 6) is 0. The van der Waals surface area contributed by atoms with E-state index in [1.165, 1.54) is 0 Å². The van der Waals surface area contributed by atoms with Gasteiger partial charge in [0.25, 0.3) is 0 Å². The zero-order valence-corrected chi connectivity index (χ0v) is 8.81. The van der Waals surface area contributed by atoms with Crippen molar-refractivity contribution in [2.75, 3.05) is 7.05 Å². The van der Waals surface area contributed by atoms with Gasteiger partial charge in [0, 0.05) is 11.0 Å². The third-order valence-corrected chi connectivity index (χ3v) is 2.38. The monoisotopic (exact) mass is 174 g/mol. The molecule has 1 atom stereocenters. The summed E-state index contributed by atoms with van der Waals surface area (Å²) in [6, 6.07) is 0. The normalized spacial score (nSPS) is 16.2. The van der Waals surface area contributed by atoms with Gasteiger partial charge in [0.2, 0.25) is 0 Å². The quantitative estimate of drug-likeness (QED) is 0.549. The van der Waals surface area contributed by atoms with Crippen LogP contribution in [0.15, 0.2) is 0 Å². The first-order chi connectivity index (χ1) is 5.21. The summed E-state index contributed by atoms with van der Waals surface area (Å²) in [6.45, 7) is 8.13. The number of nitrogens with two attached hydrogens (primary N) is 1. The predicted molar refractivity (Wildman–Crippen MR) is 51.7 cm³/mol. The van der Waals surface area contributed by atoms with Gasteiger partial charge in [-0.3, -0.25) is 0 Å². The molecule has 3 nitrogen and oxygen atoms in total. The molecule has 0 saturated heterocycles. The van der Waals surface area contributed by atoms with Crippen LogP contribution >= 0.6 is 0 Å². The van der Waals surface area contributed by atoms with Crippen LogP contribution in [-0.4, -0.2) is 23.9 Å². The number of aliphatic hydroxyl groups is 1. The van der Waals surface area contributed by atoms with Crippen molar-refractivity contribution in [1.82, 2.24) is 5.32 Å². The van der Waals surface area contributed by atoms with Gasteiger partial charge in [-0.15, -0.1) is 0 Å². The van der Waals surface area contributed by atoms with Crippen molar-refractivity contribution < 1.29 is 5.11 Å². The molecule has 0 bridgehead atoms. The van der Waals surface area contributed by atoms with Crippen LogP contribution in [0.5, 0.6) is 0 Å². The van der Waals surface area contributed by atoms with Crippen molar-refractivity contribution in [3.8, 4) is 0 Å². The van der Waals surface area contributed by atoms with Gasteiger partial charge in [0.1, 0.15) is 6.23 Å². The summed E-state index contributed by atoms with van der Waals surface area (Å²) in [7, 11) is 1.92. The molecule has 0 fully saturated rings. The SMILES string of the molecule is CNC(C)(C)CC(C)(C)C(N)O. The van der Waals surface area contributed by atoms with Crippen LogP contribution in [0.2, 0.25) is 0 Å². The van der Waals surface area contributed by atoms with Crippen molar-refractivity contribution in [2.24, 2.45) is 11.1 Å². The molecule has 0 radical (unpaired) electrons. The van der Waals surface area contributed by atoms with E-state index < -0.39 is 6.23 Å². The average molecular weight is 174 g/mol. The van der Waals surface area contributed by atoms with Gasteiger partial charge in [0.15, 0.2) is 0 Å². The fraction of sp³-hybridized carbons (Fsp3) is 1.00. The molecular formula is C9H22N2O. The van der Waals surface area contributed by atoms with Crippen LogP contribution in [0.25, 0.3) is 0 Å². The molecule has 0 spiro atoms. The van der Waals surface area contributed by atoms with Gasteiger partial charge in [-0.1, -0.05) is 13.8 Å². The Hall–Kier alpha value is -0.120. The highest BCUT2D eigenvalue weighted by molar-refractivity contribution is 4.86. The minimum Gasteiger partial charge on any atom is -0.378 e. The third-order valence-electron chi connectivity index (χ3n) is 2.38. The number of hydrogen-bond donors (Lipinski definition) is 3. The Morgan fingerprint density at radius 1 is 1.33 bits per heavy atom. The second-order valence-corrected chi connectivity index (χ2v) is 4.74. The van der Waals surface area contributed by atoms with E-state index in [9.17, 15) is 5.11 Å². The zero-order valence-electron chi connectivity index (χ0n) is 8.81. The highest BCUT2D eigenvalue weighted by Gasteiger charge is 2.31. The fourth-order valence-corrected chi connectivity index (χ4v) is 1.33. The fourth-order valence-electron chi connectivity index (χ4n) is 1.33. The molecule has 0 aromatic rings. The van der Waals surface area contributed by atoms with Crippen LogP contribution in [-0.2, 0) is 0 Å². The van der Waals surface area contributed by atoms with E-state index in [4.69, 9.17) is 5.73 Å². The summed E-state index contributed by atoms with van der Waals surface area (Å²) in [5, 5.41) is 12.5. The minimum atomic E-state index is -0.759. The molecule has 0 aromatic carbocycles. The molecule has 4 N–H and O–H groups in total. The molecule has 0 aliphatic rings. The van der Waals surface area contributed by atoms with Crippen LogP contribution in [0.1, 0.15) is 34.1 Å². The Labute approximate surface area is 75.3 Å². The second-order valence-electron chi connectivity index (χ2n) is 4.74. The lowest BCUT2D eigenvalue weighted by molar-refractivity contribution is 0.0322. The van der Waals surface area contributed by atoms with Gasteiger partial charge >= 0.3 is 0 Å². The van der Waals surface area contributed by atoms with Gasteiger partial charge in [0.05, 0.1) is 0 Å². The molecule has 0 aliphatic carbocycles. The molecule has 0 aromatic heterocycles. The van der Waals surface area contributed by atoms with Crippen molar-refractivity contribution >= 4 is 0 Å². The Balaban J connectivity index is 4.23. The Morgan fingerprint density at radius 2 is 1.75 bits per heavy atom. The first-order valence-corrected chi connectivity index (χ1v) is 4.34. The van der Waals surface area contributed by atoms with Crippen LogP contribution in [0, 0.1) is 5.41 Å². The van der Waals surface area contributed by atoms with Gasteiger partial charge in [-0.25, -0.2) is 0 Å². The maximum absolute atomic E-state index is 9.29. The second kappa shape index (κ2) is 3.73. The van der Waals surface area contributed by atoms with Crippen LogP contribution in [0.3, 0.4) is 0 Å². The maximum atomic E-state index is 9.29. The lowest BCUT2D eigenvalue weighted by Gasteiger charge is -2.36. The molecule has 0 saturated carbocycles. The lowest BCUT2D eigenvalue weighted by atomic mass is 9.79. The highest BCUT2D eigenvalue weighted by atomic mass is 16.3. The highest BCUT2D eigenvalue weighted by Crippen LogP contribution is 2.29. The Bertz CT molecular complexity index is 141. The summed E-state index contributed by atoms with van der Waals surface area (Å²) in [6.07, 6.45) is 0.0823. The van der Waals surface area contributed by atoms with Gasteiger partial charge in [-0.05, 0) is 27.3 Å². The average Bonchev–Trinajstić information content (AvgIpc) is 1.85. The maximum Gasteiger partial charge on any atom is 0.107 e. The van der Waals surface area contributed by atoms with Crippen molar-refractivity contribution in [1.29, 1.82) is 0 Å². The van der Waals surface area contributed by atoms with Crippen molar-refractivity contribution in [3.63, 3.8) is 0 Å². The van der Waals surface area contributed by atoms with E-state index in [1.54, 1.807) is 0 Å². The summed E-state index contributed by atoms with van der Waals surface area (Å²) in [5.41, 5.74) is 5.23. The third kappa shape index (κ3) is 3.52. The summed E-state index contributed by atoms with van der Waals surface area (Å²) < 4.78 is 0. The Morgan fingerprint density at radius 3 is 2.00 bits per heavy atom. The predicted octanol–water partition coefficient (Wildman–Crippen LogP) is 0.678. The van der Waals surface area contributed by atoms with E-state index >= 15 is 0 Å². The zero-order chi connectivity index (χ0) is 9.99. The van der Waals surface area contributed by atoms with Crippen LogP contribution in [0.4, 0.5) is 0 Å². The molecule has 3 heteroatoms. The molecular weight excluding hydrogens is 152 g/mol. The van der Waals surface area contributed by atoms with Gasteiger partial charge in [-0.2, -0.15) is 0 Å². The number of hydrogen-bond acceptors (Lipinski definition) is 3. The minimum absolute atomic E-state index is 0.0177. The molecule has 0 amide bonds. The first-order valence-electron chi connectivity index (χ1n) is 4.34. The molecule has 0 aliphatic heterocycles. The summed E-state index contributed by atoms with van der Waals surface area (Å²) >= 11 is 0. The standard InChI is InChI=1S/C9H22N2O/c1-8(2,7(10)12)6-9(3,4)11-5/h7,11-12H,6,10H2,1-5H3. The molecule has 1 unspecified atom stereocenters. The number of aliphatic hydroxyl groups excluding tert-OH is 1. The number of nitrogens with one attached hydrogen (secondary N) is 1. The number of rotatable bonds is 4. The van der Waals surface area contributed by atoms with Crippen LogP contribution < -0.4 is 11.1 Å². The van der Waals surface area contributed by atoms with E-state index in [-0.39, 0.29) is 11.0 Å². The van der Waals surface area contributed by atoms with Crippen molar-refractivity contribution in [2.45, 2.75) is 45.9 Å². The van der Waals surface area contributed by atoms with Gasteiger partial charge < -0.3 is 16.2 Å². The smallest absolute Gasteiger partial charge is 0.107 e. The molecule has 74 valence electrons. The Kier molecular flexibility index (Phi) is 3.69. The van der Waals surface area contributed by atoms with Crippen molar-refractivity contribution in [3.05, 3.63) is 0 Å². The van der Waals surface area contributed by atoms with E-state index in [0.717, 1.165) is 6.42 Å². The summed E-state index contributed by atoms with van der Waals surface area (Å²) in [4.78, 5) is 0. The molecule has 12 heavy (non-hydrogen) atoms. The molecule has 0 heterocycles. The van der Waals surface area contributed by atoms with E-state index in [1.807, 2.05) is 20.9 Å². The first kappa shape index (κ1) is 11.9. The van der Waals surface area contributed by atoms with E-state index in [2.05, 4.69) is 19.2 Å². The lowest BCUT2D eigenvalue weighted by Crippen LogP contribution is -2.47. The topological polar surface area (TPSA) is 58.3 Å². The largest absolute Gasteiger partial charge is 0.378 e. The van der Waals surface area contributed by atoms with E-state index in [0.29, 0.717) is 0 Å². The molecule has 0 rings (SSSR count).